The van der Waals surface area contributed by atoms with Crippen LogP contribution in [-0.2, 0) is 32.0 Å². The number of carboxylic acid groups (broad SMARTS) is 3. The van der Waals surface area contributed by atoms with E-state index in [9.17, 15) is 19.2 Å². The molecule has 0 saturated carbocycles. The quantitative estimate of drug-likeness (QED) is 0.268. The maximum absolute atomic E-state index is 13.0. The van der Waals surface area contributed by atoms with Gasteiger partial charge in [-0.2, -0.15) is 0 Å². The van der Waals surface area contributed by atoms with Crippen molar-refractivity contribution in [2.75, 3.05) is 69.3 Å². The van der Waals surface area contributed by atoms with Crippen molar-refractivity contribution in [2.45, 2.75) is 50.7 Å². The molecule has 2 aromatic rings. The number of nitrogens with one attached hydrogen (secondary N) is 1. The lowest BCUT2D eigenvalue weighted by Gasteiger charge is -2.37. The van der Waals surface area contributed by atoms with Crippen molar-refractivity contribution in [1.82, 2.24) is 10.2 Å². The van der Waals surface area contributed by atoms with Gasteiger partial charge in [-0.05, 0) is 80.3 Å². The van der Waals surface area contributed by atoms with E-state index in [1.807, 2.05) is 12.1 Å². The number of rotatable bonds is 9. The molecule has 5 rings (SSSR count). The minimum absolute atomic E-state index is 0.0331. The Morgan fingerprint density at radius 3 is 2.02 bits per heavy atom. The first-order valence-corrected chi connectivity index (χ1v) is 15.5. The average Bonchev–Trinajstić information content (AvgIpc) is 3.02. The standard InChI is InChI=1S/C27H36N4O2.C6H8O7/c1-20-3-10-26(31-13-11-29(2)12-14-31)25-19-22(6-9-24(20)25)28-27(32)21-4-7-23(8-5-21)30-15-17-33-18-16-30;7-3(8)1-6(13,5(11)12)2-4(9)10/h3-5,7-8,10,22H,6,9,11-19H2,1-2H3,(H,28,32);13H,1-2H2,(H,7,8)(H,9,10)(H,11,12)/t22-;/m1./s1. The van der Waals surface area contributed by atoms with E-state index in [0.29, 0.717) is 0 Å². The molecule has 2 saturated heterocycles. The zero-order valence-corrected chi connectivity index (χ0v) is 26.4. The molecule has 2 aromatic carbocycles. The van der Waals surface area contributed by atoms with E-state index in [-0.39, 0.29) is 11.9 Å². The fourth-order valence-electron chi connectivity index (χ4n) is 6.14. The van der Waals surface area contributed by atoms with Crippen LogP contribution in [-0.4, -0.2) is 120 Å². The van der Waals surface area contributed by atoms with Gasteiger partial charge in [-0.15, -0.1) is 0 Å². The Bertz CT molecular complexity index is 1380. The number of hydrogen-bond acceptors (Lipinski definition) is 9. The Kier molecular flexibility index (Phi) is 11.6. The number of nitrogens with zero attached hydrogens (tertiary/aromatic N) is 3. The minimum atomic E-state index is -2.74. The summed E-state index contributed by atoms with van der Waals surface area (Å²) in [5, 5.41) is 37.1. The summed E-state index contributed by atoms with van der Waals surface area (Å²) in [5.41, 5.74) is 4.85. The molecule has 250 valence electrons. The number of fused-ring (bicyclic) bond motifs is 1. The number of hydrogen-bond donors (Lipinski definition) is 5. The van der Waals surface area contributed by atoms with Gasteiger partial charge in [-0.25, -0.2) is 4.79 Å². The summed E-state index contributed by atoms with van der Waals surface area (Å²) in [7, 11) is 2.20. The number of carbonyl (C=O) groups excluding carboxylic acids is 1. The van der Waals surface area contributed by atoms with Crippen LogP contribution in [0.15, 0.2) is 36.4 Å². The molecule has 2 heterocycles. The summed E-state index contributed by atoms with van der Waals surface area (Å²) in [4.78, 5) is 50.8. The molecule has 0 spiro atoms. The summed E-state index contributed by atoms with van der Waals surface area (Å²) >= 11 is 0. The van der Waals surface area contributed by atoms with E-state index >= 15 is 0 Å². The molecule has 3 aliphatic rings. The Morgan fingerprint density at radius 1 is 0.848 bits per heavy atom. The van der Waals surface area contributed by atoms with Gasteiger partial charge >= 0.3 is 17.9 Å². The summed E-state index contributed by atoms with van der Waals surface area (Å²) in [6, 6.07) is 12.8. The molecule has 1 aliphatic carbocycles. The smallest absolute Gasteiger partial charge is 0.336 e. The van der Waals surface area contributed by atoms with Gasteiger partial charge in [0.15, 0.2) is 5.60 Å². The molecule has 5 N–H and O–H groups in total. The largest absolute Gasteiger partial charge is 0.481 e. The molecule has 1 amide bonds. The number of aliphatic carboxylic acids is 3. The first kappa shape index (κ1) is 34.7. The number of anilines is 2. The van der Waals surface area contributed by atoms with Crippen LogP contribution >= 0.6 is 0 Å². The van der Waals surface area contributed by atoms with Gasteiger partial charge in [0.2, 0.25) is 0 Å². The number of ether oxygens (including phenoxy) is 1. The van der Waals surface area contributed by atoms with Crippen LogP contribution in [0.4, 0.5) is 11.4 Å². The van der Waals surface area contributed by atoms with E-state index in [1.54, 1.807) is 0 Å². The van der Waals surface area contributed by atoms with Gasteiger partial charge in [-0.1, -0.05) is 6.07 Å². The third-order valence-corrected chi connectivity index (χ3v) is 8.80. The molecule has 46 heavy (non-hydrogen) atoms. The predicted molar refractivity (Wildman–Crippen MR) is 171 cm³/mol. The van der Waals surface area contributed by atoms with E-state index in [4.69, 9.17) is 25.2 Å². The van der Waals surface area contributed by atoms with Crippen molar-refractivity contribution in [3.63, 3.8) is 0 Å². The molecule has 2 fully saturated rings. The van der Waals surface area contributed by atoms with Gasteiger partial charge in [0.05, 0.1) is 26.1 Å². The molecule has 0 unspecified atom stereocenters. The zero-order valence-electron chi connectivity index (χ0n) is 26.4. The van der Waals surface area contributed by atoms with Crippen molar-refractivity contribution >= 4 is 35.2 Å². The second kappa shape index (κ2) is 15.4. The second-order valence-corrected chi connectivity index (χ2v) is 12.2. The second-order valence-electron chi connectivity index (χ2n) is 12.2. The van der Waals surface area contributed by atoms with Gasteiger partial charge in [0, 0.05) is 62.2 Å². The van der Waals surface area contributed by atoms with E-state index in [2.05, 4.69) is 58.3 Å². The number of amides is 1. The molecular formula is C33H44N4O9. The highest BCUT2D eigenvalue weighted by Crippen LogP contribution is 2.33. The van der Waals surface area contributed by atoms with Crippen molar-refractivity contribution in [1.29, 1.82) is 0 Å². The highest BCUT2D eigenvalue weighted by molar-refractivity contribution is 5.94. The Labute approximate surface area is 268 Å². The van der Waals surface area contributed by atoms with Crippen molar-refractivity contribution < 1.29 is 44.3 Å². The summed E-state index contributed by atoms with van der Waals surface area (Å²) in [6.07, 6.45) is 0.654. The number of benzene rings is 2. The fraction of sp³-hybridized carbons (Fsp3) is 0.515. The highest BCUT2D eigenvalue weighted by atomic mass is 16.5. The third kappa shape index (κ3) is 8.95. The number of likely N-dealkylation sites (N-methyl/N-ethyl adjacent to an activating group) is 1. The number of carboxylic acids is 3. The minimum Gasteiger partial charge on any atom is -0.481 e. The lowest BCUT2D eigenvalue weighted by atomic mass is 9.84. The van der Waals surface area contributed by atoms with Crippen molar-refractivity contribution in [3.8, 4) is 0 Å². The van der Waals surface area contributed by atoms with Gasteiger partial charge in [-0.3, -0.25) is 14.4 Å². The van der Waals surface area contributed by atoms with Gasteiger partial charge in [0.1, 0.15) is 0 Å². The zero-order chi connectivity index (χ0) is 33.4. The van der Waals surface area contributed by atoms with Crippen LogP contribution in [0.25, 0.3) is 0 Å². The van der Waals surface area contributed by atoms with Crippen molar-refractivity contribution in [2.24, 2.45) is 0 Å². The first-order valence-electron chi connectivity index (χ1n) is 15.5. The molecule has 2 aliphatic heterocycles. The summed E-state index contributed by atoms with van der Waals surface area (Å²) < 4.78 is 5.44. The Morgan fingerprint density at radius 2 is 1.46 bits per heavy atom. The van der Waals surface area contributed by atoms with Crippen LogP contribution < -0.4 is 15.1 Å². The molecule has 13 heteroatoms. The first-order chi connectivity index (χ1) is 21.9. The lowest BCUT2D eigenvalue weighted by molar-refractivity contribution is -0.170. The maximum Gasteiger partial charge on any atom is 0.336 e. The molecule has 0 radical (unpaired) electrons. The average molecular weight is 641 g/mol. The number of morpholine rings is 1. The van der Waals surface area contributed by atoms with Crippen molar-refractivity contribution in [3.05, 3.63) is 58.7 Å². The Hall–Kier alpha value is -4.20. The predicted octanol–water partition coefficient (Wildman–Crippen LogP) is 1.62. The molecule has 13 nitrogen and oxygen atoms in total. The van der Waals surface area contributed by atoms with Gasteiger partial charge < -0.3 is 45.2 Å². The fourth-order valence-corrected chi connectivity index (χ4v) is 6.14. The van der Waals surface area contributed by atoms with E-state index in [0.717, 1.165) is 83.0 Å². The number of carbonyl (C=O) groups is 4. The molecular weight excluding hydrogens is 596 g/mol. The monoisotopic (exact) mass is 640 g/mol. The highest BCUT2D eigenvalue weighted by Gasteiger charge is 2.40. The Balaban J connectivity index is 0.000000315. The maximum atomic E-state index is 13.0. The lowest BCUT2D eigenvalue weighted by Crippen LogP contribution is -2.45. The molecule has 0 aromatic heterocycles. The van der Waals surface area contributed by atoms with E-state index < -0.39 is 36.4 Å². The van der Waals surface area contributed by atoms with Crippen LogP contribution in [0, 0.1) is 6.92 Å². The van der Waals surface area contributed by atoms with Crippen LogP contribution in [0.1, 0.15) is 46.3 Å². The van der Waals surface area contributed by atoms with E-state index in [1.165, 1.54) is 22.4 Å². The number of aryl methyl sites for hydroxylation is 1. The molecule has 0 bridgehead atoms. The van der Waals surface area contributed by atoms with Crippen LogP contribution in [0.3, 0.4) is 0 Å². The number of piperazine rings is 1. The molecule has 1 atom stereocenters. The topological polar surface area (TPSA) is 180 Å². The SMILES string of the molecule is Cc1ccc(N2CCN(C)CC2)c2c1CC[C@@H](NC(=O)c1ccc(N3CCOCC3)cc1)C2.O=C(O)CC(O)(CC(=O)O)C(=O)O. The summed E-state index contributed by atoms with van der Waals surface area (Å²) in [5.74, 6) is -4.99. The van der Waals surface area contributed by atoms with Crippen LogP contribution in [0.5, 0.6) is 0 Å². The van der Waals surface area contributed by atoms with Gasteiger partial charge in [0.25, 0.3) is 5.91 Å². The normalized spacial score (nSPS) is 18.5. The van der Waals surface area contributed by atoms with Crippen LogP contribution in [0.2, 0.25) is 0 Å². The summed E-state index contributed by atoms with van der Waals surface area (Å²) in [6.45, 7) is 9.90. The number of aliphatic hydroxyl groups is 1. The third-order valence-electron chi connectivity index (χ3n) is 8.80.